The van der Waals surface area contributed by atoms with Crippen molar-refractivity contribution < 1.29 is 12.9 Å². The Bertz CT molecular complexity index is 18.9. The molecule has 0 aromatic rings. The number of hydrogen-bond donors (Lipinski definition) is 0. The summed E-state index contributed by atoms with van der Waals surface area (Å²) in [6, 6.07) is 0. The van der Waals surface area contributed by atoms with Gasteiger partial charge >= 0.3 is 14.6 Å². The Morgan fingerprint density at radius 2 is 1.60 bits per heavy atom. The predicted molar refractivity (Wildman–Crippen MR) is 14.8 cm³/mol. The van der Waals surface area contributed by atoms with Gasteiger partial charge in [0.15, 0.2) is 0 Å². The molecular formula is B2F3. The molecule has 0 aliphatic heterocycles. The topological polar surface area (TPSA) is 0 Å². The minimum absolute atomic E-state index is 0.667. The average Bonchev–Trinajstić information content (AvgIpc) is 1.38. The van der Waals surface area contributed by atoms with Crippen LogP contribution in [0.4, 0.5) is 12.9 Å². The van der Waals surface area contributed by atoms with Gasteiger partial charge in [-0.2, -0.15) is 0 Å². The molecule has 0 saturated carbocycles. The SMILES string of the molecule is F[B]B(F)F. The molecule has 0 aromatic carbocycles. The molecule has 0 nitrogen and oxygen atoms in total. The van der Waals surface area contributed by atoms with Crippen molar-refractivity contribution in [3.63, 3.8) is 0 Å². The molecule has 0 heterocycles. The van der Waals surface area contributed by atoms with Crippen LogP contribution in [-0.2, 0) is 0 Å². The van der Waals surface area contributed by atoms with Crippen molar-refractivity contribution in [2.24, 2.45) is 0 Å². The summed E-state index contributed by atoms with van der Waals surface area (Å²) in [5, 5.41) is 0. The highest BCUT2D eigenvalue weighted by Gasteiger charge is 2.12. The Hall–Kier alpha value is -0.0801. The van der Waals surface area contributed by atoms with Crippen molar-refractivity contribution in [1.82, 2.24) is 0 Å². The maximum Gasteiger partial charge on any atom is 0.529 e. The van der Waals surface area contributed by atoms with E-state index in [1.165, 1.54) is 0 Å². The van der Waals surface area contributed by atoms with Gasteiger partial charge < -0.3 is 4.32 Å². The Labute approximate surface area is 28.8 Å². The van der Waals surface area contributed by atoms with E-state index in [-0.39, 0.29) is 0 Å². The zero-order valence-electron chi connectivity index (χ0n) is 2.29. The first-order chi connectivity index (χ1) is 2.27. The van der Waals surface area contributed by atoms with E-state index in [9.17, 15) is 12.9 Å². The molecule has 5 heavy (non-hydrogen) atoms. The molecule has 0 bridgehead atoms. The van der Waals surface area contributed by atoms with Crippen LogP contribution in [0.1, 0.15) is 0 Å². The third-order valence-electron chi connectivity index (χ3n) is 0.0952. The van der Waals surface area contributed by atoms with Crippen LogP contribution in [0.25, 0.3) is 0 Å². The molecule has 5 heteroatoms. The summed E-state index contributed by atoms with van der Waals surface area (Å²) < 4.78 is 30.9. The molecule has 1 radical (unpaired) electrons. The van der Waals surface area contributed by atoms with Gasteiger partial charge in [-0.05, 0) is 0 Å². The second-order valence-electron chi connectivity index (χ2n) is 0.460. The number of hydrogen-bond acceptors (Lipinski definition) is 0. The number of halogens is 3. The standard InChI is InChI=1S/B2F3/c3-1-2(4)5. The van der Waals surface area contributed by atoms with Gasteiger partial charge in [0.05, 0.1) is 0 Å². The summed E-state index contributed by atoms with van der Waals surface area (Å²) in [5.41, 5.74) is 0. The van der Waals surface area contributed by atoms with E-state index in [1.807, 2.05) is 0 Å². The van der Waals surface area contributed by atoms with Crippen LogP contribution in [0.3, 0.4) is 0 Å². The van der Waals surface area contributed by atoms with Gasteiger partial charge in [-0.25, -0.2) is 0 Å². The second-order valence-corrected chi connectivity index (χ2v) is 0.460. The fraction of sp³-hybridized carbons (Fsp3) is 0. The summed E-state index contributed by atoms with van der Waals surface area (Å²) in [5.74, 6) is 0. The van der Waals surface area contributed by atoms with Crippen LogP contribution in [-0.4, -0.2) is 14.6 Å². The molecule has 0 unspecified atom stereocenters. The second kappa shape index (κ2) is 2.17. The Balaban J connectivity index is 2.54. The smallest absolute Gasteiger partial charge is 0.345 e. The highest BCUT2D eigenvalue weighted by molar-refractivity contribution is 7.01. The van der Waals surface area contributed by atoms with Crippen molar-refractivity contribution in [3.05, 3.63) is 0 Å². The lowest BCUT2D eigenvalue weighted by atomic mass is 9.65. The van der Waals surface area contributed by atoms with Crippen LogP contribution in [0.5, 0.6) is 0 Å². The maximum atomic E-state index is 10.3. The van der Waals surface area contributed by atoms with Crippen LogP contribution in [0, 0.1) is 0 Å². The molecule has 0 spiro atoms. The van der Waals surface area contributed by atoms with E-state index in [2.05, 4.69) is 0 Å². The molecule has 0 fully saturated rings. The maximum absolute atomic E-state index is 10.3. The minimum Gasteiger partial charge on any atom is -0.345 e. The average molecular weight is 78.6 g/mol. The lowest BCUT2D eigenvalue weighted by Gasteiger charge is -1.67. The van der Waals surface area contributed by atoms with Crippen molar-refractivity contribution in [2.45, 2.75) is 0 Å². The first-order valence-corrected chi connectivity index (χ1v) is 0.988. The summed E-state index contributed by atoms with van der Waals surface area (Å²) in [6.07, 6.45) is 0. The quantitative estimate of drug-likeness (QED) is 0.401. The van der Waals surface area contributed by atoms with E-state index < -0.39 is 14.6 Å². The largest absolute Gasteiger partial charge is 0.529 e. The molecule has 0 aliphatic rings. The van der Waals surface area contributed by atoms with Gasteiger partial charge in [0, 0.05) is 0 Å². The van der Waals surface area contributed by atoms with E-state index in [0.29, 0.717) is 0 Å². The lowest BCUT2D eigenvalue weighted by molar-refractivity contribution is 0.683. The van der Waals surface area contributed by atoms with Crippen LogP contribution in [0.2, 0.25) is 0 Å². The zero-order valence-corrected chi connectivity index (χ0v) is 2.29. The number of rotatable bonds is 1. The highest BCUT2D eigenvalue weighted by atomic mass is 19.2. The Morgan fingerprint density at radius 1 is 1.40 bits per heavy atom. The van der Waals surface area contributed by atoms with Gasteiger partial charge in [-0.3, -0.25) is 8.63 Å². The van der Waals surface area contributed by atoms with Gasteiger partial charge in [-0.1, -0.05) is 0 Å². The molecule has 0 N–H and O–H groups in total. The summed E-state index contributed by atoms with van der Waals surface area (Å²) >= 11 is 0. The summed E-state index contributed by atoms with van der Waals surface area (Å²) in [7, 11) is -3.57. The molecule has 0 atom stereocenters. The van der Waals surface area contributed by atoms with Crippen LogP contribution >= 0.6 is 0 Å². The molecule has 0 aromatic heterocycles. The minimum atomic E-state index is -2.91. The van der Waals surface area contributed by atoms with Crippen molar-refractivity contribution in [1.29, 1.82) is 0 Å². The normalized spacial score (nSPS) is 7.00. The highest BCUT2D eigenvalue weighted by Crippen LogP contribution is 1.79. The lowest BCUT2D eigenvalue weighted by Crippen LogP contribution is -2.02. The van der Waals surface area contributed by atoms with E-state index in [0.717, 1.165) is 0 Å². The van der Waals surface area contributed by atoms with E-state index in [1.54, 1.807) is 0 Å². The Morgan fingerprint density at radius 3 is 1.60 bits per heavy atom. The zero-order chi connectivity index (χ0) is 4.28. The van der Waals surface area contributed by atoms with Gasteiger partial charge in [-0.15, -0.1) is 0 Å². The Kier molecular flexibility index (Phi) is 2.14. The molecule has 0 aliphatic carbocycles. The molecule has 0 rings (SSSR count). The first-order valence-electron chi connectivity index (χ1n) is 0.988. The van der Waals surface area contributed by atoms with Crippen molar-refractivity contribution in [3.8, 4) is 0 Å². The molecular weight excluding hydrogens is 78.6 g/mol. The predicted octanol–water partition coefficient (Wildman–Crippen LogP) is 0.499. The summed E-state index contributed by atoms with van der Waals surface area (Å²) in [6.45, 7) is 0. The molecule has 27 valence electrons. The van der Waals surface area contributed by atoms with Crippen molar-refractivity contribution >= 4 is 14.6 Å². The van der Waals surface area contributed by atoms with E-state index >= 15 is 0 Å². The third-order valence-corrected chi connectivity index (χ3v) is 0.0952. The monoisotopic (exact) mass is 79.0 g/mol. The van der Waals surface area contributed by atoms with Gasteiger partial charge in [0.1, 0.15) is 0 Å². The third kappa shape index (κ3) is 3.92. The van der Waals surface area contributed by atoms with Gasteiger partial charge in [0.2, 0.25) is 0 Å². The summed E-state index contributed by atoms with van der Waals surface area (Å²) in [4.78, 5) is 0. The fourth-order valence-corrected chi connectivity index (χ4v) is 0. The van der Waals surface area contributed by atoms with Crippen LogP contribution in [0.15, 0.2) is 0 Å². The first kappa shape index (κ1) is 4.92. The van der Waals surface area contributed by atoms with Crippen molar-refractivity contribution in [2.75, 3.05) is 0 Å². The fourth-order valence-electron chi connectivity index (χ4n) is 0. The molecule has 0 saturated heterocycles. The molecule has 0 amide bonds. The van der Waals surface area contributed by atoms with Gasteiger partial charge in [0.25, 0.3) is 0 Å². The van der Waals surface area contributed by atoms with Crippen LogP contribution < -0.4 is 0 Å². The van der Waals surface area contributed by atoms with E-state index in [4.69, 9.17) is 0 Å².